The molecule has 2 fully saturated rings. The van der Waals surface area contributed by atoms with Gasteiger partial charge in [0.15, 0.2) is 0 Å². The van der Waals surface area contributed by atoms with Crippen molar-refractivity contribution in [3.8, 4) is 6.07 Å². The highest BCUT2D eigenvalue weighted by molar-refractivity contribution is 5.00. The zero-order chi connectivity index (χ0) is 8.44. The van der Waals surface area contributed by atoms with E-state index in [0.29, 0.717) is 5.41 Å². The van der Waals surface area contributed by atoms with E-state index in [-0.39, 0.29) is 0 Å². The van der Waals surface area contributed by atoms with Gasteiger partial charge in [0.05, 0.1) is 6.07 Å². The molecule has 0 aromatic rings. The molecule has 0 aliphatic heterocycles. The highest BCUT2D eigenvalue weighted by Gasteiger charge is 2.42. The molecule has 12 heavy (non-hydrogen) atoms. The van der Waals surface area contributed by atoms with E-state index in [9.17, 15) is 0 Å². The van der Waals surface area contributed by atoms with E-state index in [4.69, 9.17) is 5.26 Å². The maximum absolute atomic E-state index is 8.58. The molecule has 0 saturated heterocycles. The van der Waals surface area contributed by atoms with Crippen molar-refractivity contribution in [2.75, 3.05) is 13.1 Å². The zero-order valence-electron chi connectivity index (χ0n) is 7.47. The average molecular weight is 164 g/mol. The molecule has 0 aromatic carbocycles. The van der Waals surface area contributed by atoms with Crippen LogP contribution >= 0.6 is 0 Å². The minimum Gasteiger partial charge on any atom is -0.316 e. The number of rotatable bonds is 5. The Bertz CT molecular complexity index is 196. The van der Waals surface area contributed by atoms with Crippen molar-refractivity contribution in [2.45, 2.75) is 32.1 Å². The van der Waals surface area contributed by atoms with E-state index in [1.165, 1.54) is 32.2 Å². The molecule has 0 radical (unpaired) electrons. The van der Waals surface area contributed by atoms with Crippen molar-refractivity contribution in [2.24, 2.45) is 11.3 Å². The highest BCUT2D eigenvalue weighted by Crippen LogP contribution is 2.47. The van der Waals surface area contributed by atoms with Crippen molar-refractivity contribution < 1.29 is 0 Å². The summed E-state index contributed by atoms with van der Waals surface area (Å²) < 4.78 is 0. The third-order valence-electron chi connectivity index (χ3n) is 3.04. The third-order valence-corrected chi connectivity index (χ3v) is 3.04. The summed E-state index contributed by atoms with van der Waals surface area (Å²) in [5.41, 5.74) is 0.393. The van der Waals surface area contributed by atoms with Crippen LogP contribution in [0.2, 0.25) is 0 Å². The topological polar surface area (TPSA) is 35.8 Å². The second-order valence-corrected chi connectivity index (χ2v) is 4.41. The van der Waals surface area contributed by atoms with Gasteiger partial charge in [-0.05, 0) is 43.6 Å². The molecule has 2 aliphatic carbocycles. The van der Waals surface area contributed by atoms with Crippen LogP contribution in [0, 0.1) is 22.7 Å². The summed E-state index contributed by atoms with van der Waals surface area (Å²) in [6.45, 7) is 2.27. The molecule has 2 heteroatoms. The fourth-order valence-electron chi connectivity index (χ4n) is 1.62. The predicted octanol–water partition coefficient (Wildman–Crippen LogP) is 1.68. The van der Waals surface area contributed by atoms with Gasteiger partial charge >= 0.3 is 0 Å². The quantitative estimate of drug-likeness (QED) is 0.671. The number of nitrogens with zero attached hydrogens (tertiary/aromatic N) is 1. The van der Waals surface area contributed by atoms with Gasteiger partial charge in [-0.3, -0.25) is 0 Å². The van der Waals surface area contributed by atoms with Crippen LogP contribution in [-0.4, -0.2) is 13.1 Å². The summed E-state index contributed by atoms with van der Waals surface area (Å²) in [6.07, 6.45) is 6.11. The van der Waals surface area contributed by atoms with Crippen LogP contribution in [0.1, 0.15) is 32.1 Å². The van der Waals surface area contributed by atoms with Gasteiger partial charge in [0, 0.05) is 13.0 Å². The third kappa shape index (κ3) is 1.98. The van der Waals surface area contributed by atoms with Crippen LogP contribution in [-0.2, 0) is 0 Å². The summed E-state index contributed by atoms with van der Waals surface area (Å²) in [6, 6.07) is 2.28. The molecule has 2 aliphatic rings. The Morgan fingerprint density at radius 2 is 2.17 bits per heavy atom. The monoisotopic (exact) mass is 164 g/mol. The summed E-state index contributed by atoms with van der Waals surface area (Å²) in [5.74, 6) is 0.961. The lowest BCUT2D eigenvalue weighted by Gasteiger charge is -2.11. The molecule has 0 atom stereocenters. The number of nitriles is 1. The van der Waals surface area contributed by atoms with E-state index < -0.39 is 0 Å². The minimum absolute atomic E-state index is 0.393. The van der Waals surface area contributed by atoms with Gasteiger partial charge in [-0.1, -0.05) is 0 Å². The first-order valence-electron chi connectivity index (χ1n) is 4.92. The Morgan fingerprint density at radius 3 is 2.67 bits per heavy atom. The molecule has 2 saturated carbocycles. The van der Waals surface area contributed by atoms with Gasteiger partial charge < -0.3 is 5.32 Å². The van der Waals surface area contributed by atoms with Gasteiger partial charge in [-0.25, -0.2) is 0 Å². The van der Waals surface area contributed by atoms with Gasteiger partial charge in [0.1, 0.15) is 0 Å². The van der Waals surface area contributed by atoms with Crippen LogP contribution in [0.15, 0.2) is 0 Å². The lowest BCUT2D eigenvalue weighted by atomic mass is 10.0. The van der Waals surface area contributed by atoms with E-state index in [1.54, 1.807) is 0 Å². The molecule has 0 spiro atoms. The lowest BCUT2D eigenvalue weighted by molar-refractivity contribution is 0.460. The first-order valence-corrected chi connectivity index (χ1v) is 4.92. The van der Waals surface area contributed by atoms with Crippen LogP contribution in [0.5, 0.6) is 0 Å². The van der Waals surface area contributed by atoms with Gasteiger partial charge in [-0.2, -0.15) is 5.26 Å². The van der Waals surface area contributed by atoms with Crippen molar-refractivity contribution in [1.82, 2.24) is 5.32 Å². The molecule has 0 unspecified atom stereocenters. The van der Waals surface area contributed by atoms with Crippen molar-refractivity contribution in [3.63, 3.8) is 0 Å². The Kier molecular flexibility index (Phi) is 2.06. The minimum atomic E-state index is 0.393. The predicted molar refractivity (Wildman–Crippen MR) is 47.5 cm³/mol. The van der Waals surface area contributed by atoms with Crippen molar-refractivity contribution >= 4 is 0 Å². The van der Waals surface area contributed by atoms with E-state index in [2.05, 4.69) is 11.4 Å². The number of hydrogen-bond donors (Lipinski definition) is 1. The molecule has 2 rings (SSSR count). The summed E-state index contributed by atoms with van der Waals surface area (Å²) in [5, 5.41) is 12.1. The normalized spacial score (nSPS) is 24.9. The SMILES string of the molecule is N#CCC1(CNCC2CC2)CC1. The smallest absolute Gasteiger partial charge is 0.0628 e. The second-order valence-electron chi connectivity index (χ2n) is 4.41. The van der Waals surface area contributed by atoms with Gasteiger partial charge in [0.25, 0.3) is 0 Å². The van der Waals surface area contributed by atoms with Gasteiger partial charge in [0.2, 0.25) is 0 Å². The Balaban J connectivity index is 1.61. The molecule has 66 valence electrons. The number of hydrogen-bond acceptors (Lipinski definition) is 2. The molecule has 0 aromatic heterocycles. The van der Waals surface area contributed by atoms with E-state index in [1.807, 2.05) is 0 Å². The highest BCUT2D eigenvalue weighted by atomic mass is 14.9. The standard InChI is InChI=1S/C10H16N2/c11-6-5-10(3-4-10)8-12-7-9-1-2-9/h9,12H,1-5,7-8H2. The van der Waals surface area contributed by atoms with Crippen molar-refractivity contribution in [1.29, 1.82) is 5.26 Å². The fourth-order valence-corrected chi connectivity index (χ4v) is 1.62. The molecular formula is C10H16N2. The molecule has 1 N–H and O–H groups in total. The molecule has 0 heterocycles. The largest absolute Gasteiger partial charge is 0.316 e. The van der Waals surface area contributed by atoms with E-state index >= 15 is 0 Å². The van der Waals surface area contributed by atoms with Crippen LogP contribution in [0.25, 0.3) is 0 Å². The second kappa shape index (κ2) is 3.06. The Morgan fingerprint density at radius 1 is 1.42 bits per heavy atom. The maximum atomic E-state index is 8.58. The van der Waals surface area contributed by atoms with E-state index in [0.717, 1.165) is 18.9 Å². The van der Waals surface area contributed by atoms with Crippen LogP contribution < -0.4 is 5.32 Å². The van der Waals surface area contributed by atoms with Gasteiger partial charge in [-0.15, -0.1) is 0 Å². The molecule has 2 nitrogen and oxygen atoms in total. The first kappa shape index (κ1) is 8.07. The average Bonchev–Trinajstić information content (AvgIpc) is 2.87. The lowest BCUT2D eigenvalue weighted by Crippen LogP contribution is -2.25. The Hall–Kier alpha value is -0.550. The van der Waals surface area contributed by atoms with Crippen LogP contribution in [0.3, 0.4) is 0 Å². The van der Waals surface area contributed by atoms with Crippen LogP contribution in [0.4, 0.5) is 0 Å². The fraction of sp³-hybridized carbons (Fsp3) is 0.900. The number of nitrogens with one attached hydrogen (secondary N) is 1. The Labute approximate surface area is 74.0 Å². The molecule has 0 bridgehead atoms. The zero-order valence-corrected chi connectivity index (χ0v) is 7.47. The summed E-state index contributed by atoms with van der Waals surface area (Å²) >= 11 is 0. The molecular weight excluding hydrogens is 148 g/mol. The molecule has 0 amide bonds. The summed E-state index contributed by atoms with van der Waals surface area (Å²) in [7, 11) is 0. The maximum Gasteiger partial charge on any atom is 0.0628 e. The first-order chi connectivity index (χ1) is 5.85. The van der Waals surface area contributed by atoms with Crippen molar-refractivity contribution in [3.05, 3.63) is 0 Å². The summed E-state index contributed by atoms with van der Waals surface area (Å²) in [4.78, 5) is 0.